The number of rotatable bonds is 4. The predicted molar refractivity (Wildman–Crippen MR) is 102 cm³/mol. The van der Waals surface area contributed by atoms with Crippen LogP contribution in [0.4, 0.5) is 0 Å². The molecule has 2 aliphatic rings. The van der Waals surface area contributed by atoms with E-state index < -0.39 is 0 Å². The van der Waals surface area contributed by atoms with Gasteiger partial charge in [-0.15, -0.1) is 24.0 Å². The molecule has 22 heavy (non-hydrogen) atoms. The molecule has 0 aromatic carbocycles. The zero-order valence-electron chi connectivity index (χ0n) is 14.4. The number of carbonyl (C=O) groups excluding carboxylic acids is 1. The molecule has 5 nitrogen and oxygen atoms in total. The molecule has 1 heterocycles. The highest BCUT2D eigenvalue weighted by Gasteiger charge is 2.43. The van der Waals surface area contributed by atoms with Crippen molar-refractivity contribution in [2.75, 3.05) is 40.3 Å². The molecule has 0 radical (unpaired) electrons. The maximum absolute atomic E-state index is 11.8. The van der Waals surface area contributed by atoms with Gasteiger partial charge in [0.15, 0.2) is 5.96 Å². The lowest BCUT2D eigenvalue weighted by Gasteiger charge is -2.38. The summed E-state index contributed by atoms with van der Waals surface area (Å²) >= 11 is 0. The number of carbonyl (C=O) groups is 1. The summed E-state index contributed by atoms with van der Waals surface area (Å²) in [5, 5.41) is 3.45. The largest absolute Gasteiger partial charge is 0.356 e. The molecule has 0 unspecified atom stereocenters. The van der Waals surface area contributed by atoms with E-state index in [-0.39, 0.29) is 36.4 Å². The third-order valence-electron chi connectivity index (χ3n) is 4.68. The molecule has 0 aromatic rings. The first-order valence-corrected chi connectivity index (χ1v) is 8.15. The minimum atomic E-state index is 0. The number of halogens is 1. The smallest absolute Gasteiger partial charge is 0.243 e. The average Bonchev–Trinajstić information content (AvgIpc) is 2.83. The lowest BCUT2D eigenvalue weighted by Crippen LogP contribution is -2.44. The number of aliphatic imine (C=N–C) groups is 1. The first-order chi connectivity index (χ1) is 9.92. The molecule has 0 bridgehead atoms. The molecule has 1 amide bonds. The van der Waals surface area contributed by atoms with Crippen LogP contribution in [0.15, 0.2) is 4.99 Å². The highest BCUT2D eigenvalue weighted by atomic mass is 127. The number of nitrogens with one attached hydrogen (secondary N) is 1. The number of hydrogen-bond donors (Lipinski definition) is 1. The van der Waals surface area contributed by atoms with Crippen molar-refractivity contribution in [3.63, 3.8) is 0 Å². The van der Waals surface area contributed by atoms with E-state index in [1.54, 1.807) is 19.0 Å². The number of guanidine groups is 1. The Bertz CT molecular complexity index is 405. The van der Waals surface area contributed by atoms with E-state index in [9.17, 15) is 4.79 Å². The van der Waals surface area contributed by atoms with Crippen LogP contribution in [0.1, 0.15) is 39.5 Å². The molecule has 1 spiro atoms. The standard InChI is InChI=1S/C16H30N4O.HI/c1-13(2)10-17-15(18-11-14(21)19(3)4)20-9-8-16(12-20)6-5-7-16;/h13H,5-12H2,1-4H3,(H,17,18);1H. The minimum Gasteiger partial charge on any atom is -0.356 e. The van der Waals surface area contributed by atoms with Gasteiger partial charge in [0.1, 0.15) is 6.54 Å². The lowest BCUT2D eigenvalue weighted by atomic mass is 9.68. The zero-order chi connectivity index (χ0) is 15.5. The average molecular weight is 422 g/mol. The van der Waals surface area contributed by atoms with Crippen molar-refractivity contribution in [1.82, 2.24) is 15.1 Å². The van der Waals surface area contributed by atoms with Crippen molar-refractivity contribution >= 4 is 35.8 Å². The fourth-order valence-electron chi connectivity index (χ4n) is 3.05. The molecule has 1 saturated carbocycles. The quantitative estimate of drug-likeness (QED) is 0.429. The Morgan fingerprint density at radius 3 is 2.45 bits per heavy atom. The second-order valence-electron chi connectivity index (χ2n) is 7.23. The van der Waals surface area contributed by atoms with E-state index in [1.807, 2.05) is 0 Å². The van der Waals surface area contributed by atoms with Gasteiger partial charge < -0.3 is 15.1 Å². The van der Waals surface area contributed by atoms with E-state index in [4.69, 9.17) is 0 Å². The first kappa shape index (κ1) is 19.5. The van der Waals surface area contributed by atoms with E-state index >= 15 is 0 Å². The van der Waals surface area contributed by atoms with Crippen molar-refractivity contribution in [3.8, 4) is 0 Å². The zero-order valence-corrected chi connectivity index (χ0v) is 16.7. The summed E-state index contributed by atoms with van der Waals surface area (Å²) in [6, 6.07) is 0. The van der Waals surface area contributed by atoms with Gasteiger partial charge in [0.05, 0.1) is 0 Å². The maximum atomic E-state index is 11.8. The Labute approximate surface area is 151 Å². The molecule has 1 aliphatic heterocycles. The maximum Gasteiger partial charge on any atom is 0.243 e. The molecule has 2 rings (SSSR count). The number of nitrogens with zero attached hydrogens (tertiary/aromatic N) is 3. The van der Waals surface area contributed by atoms with Crippen molar-refractivity contribution < 1.29 is 4.79 Å². The van der Waals surface area contributed by atoms with Crippen molar-refractivity contribution in [2.24, 2.45) is 16.3 Å². The van der Waals surface area contributed by atoms with Gasteiger partial charge in [-0.3, -0.25) is 4.79 Å². The third-order valence-corrected chi connectivity index (χ3v) is 4.68. The molecular formula is C16H31IN4O. The van der Waals surface area contributed by atoms with Crippen LogP contribution < -0.4 is 5.32 Å². The molecule has 6 heteroatoms. The lowest BCUT2D eigenvalue weighted by molar-refractivity contribution is -0.127. The Balaban J connectivity index is 0.00000242. The van der Waals surface area contributed by atoms with Gasteiger partial charge in [-0.05, 0) is 30.6 Å². The minimum absolute atomic E-state index is 0. The molecule has 1 saturated heterocycles. The Morgan fingerprint density at radius 2 is 2.00 bits per heavy atom. The summed E-state index contributed by atoms with van der Waals surface area (Å²) in [5.74, 6) is 1.54. The molecule has 0 aromatic heterocycles. The van der Waals surface area contributed by atoms with Crippen LogP contribution in [0.3, 0.4) is 0 Å². The van der Waals surface area contributed by atoms with Crippen molar-refractivity contribution in [2.45, 2.75) is 39.5 Å². The Morgan fingerprint density at radius 1 is 1.32 bits per heavy atom. The van der Waals surface area contributed by atoms with Gasteiger partial charge in [-0.25, -0.2) is 4.99 Å². The fourth-order valence-corrected chi connectivity index (χ4v) is 3.05. The van der Waals surface area contributed by atoms with Gasteiger partial charge in [-0.2, -0.15) is 0 Å². The van der Waals surface area contributed by atoms with Gasteiger partial charge >= 0.3 is 0 Å². The van der Waals surface area contributed by atoms with Crippen LogP contribution in [0, 0.1) is 11.3 Å². The topological polar surface area (TPSA) is 47.9 Å². The number of amides is 1. The van der Waals surface area contributed by atoms with Gasteiger partial charge in [0.25, 0.3) is 0 Å². The van der Waals surface area contributed by atoms with Gasteiger partial charge in [0.2, 0.25) is 5.91 Å². The number of likely N-dealkylation sites (tertiary alicyclic amines) is 1. The molecule has 128 valence electrons. The molecular weight excluding hydrogens is 391 g/mol. The highest BCUT2D eigenvalue weighted by Crippen LogP contribution is 2.47. The van der Waals surface area contributed by atoms with Crippen molar-refractivity contribution in [3.05, 3.63) is 0 Å². The molecule has 1 aliphatic carbocycles. The van der Waals surface area contributed by atoms with Crippen LogP contribution in [-0.4, -0.2) is 61.9 Å². The predicted octanol–water partition coefficient (Wildman–Crippen LogP) is 2.17. The van der Waals surface area contributed by atoms with Crippen LogP contribution in [0.25, 0.3) is 0 Å². The van der Waals surface area contributed by atoms with Crippen LogP contribution in [-0.2, 0) is 4.79 Å². The molecule has 2 fully saturated rings. The Hall–Kier alpha value is -0.530. The first-order valence-electron chi connectivity index (χ1n) is 8.15. The van der Waals surface area contributed by atoms with Crippen LogP contribution >= 0.6 is 24.0 Å². The number of likely N-dealkylation sites (N-methyl/N-ethyl adjacent to an activating group) is 1. The summed E-state index contributed by atoms with van der Waals surface area (Å²) in [5.41, 5.74) is 0.547. The van der Waals surface area contributed by atoms with Gasteiger partial charge in [0, 0.05) is 33.7 Å². The summed E-state index contributed by atoms with van der Waals surface area (Å²) in [6.07, 6.45) is 5.37. The van der Waals surface area contributed by atoms with E-state index in [2.05, 4.69) is 29.1 Å². The summed E-state index contributed by atoms with van der Waals surface area (Å²) in [6.45, 7) is 7.68. The normalized spacial score (nSPS) is 19.9. The SMILES string of the molecule is CC(C)CNC(=NCC(=O)N(C)C)N1CCC2(CCC2)C1.I. The summed E-state index contributed by atoms with van der Waals surface area (Å²) in [7, 11) is 3.55. The van der Waals surface area contributed by atoms with Crippen LogP contribution in [0.2, 0.25) is 0 Å². The van der Waals surface area contributed by atoms with E-state index in [0.29, 0.717) is 11.3 Å². The second-order valence-corrected chi connectivity index (χ2v) is 7.23. The summed E-state index contributed by atoms with van der Waals surface area (Å²) in [4.78, 5) is 20.3. The molecule has 0 atom stereocenters. The molecule has 1 N–H and O–H groups in total. The van der Waals surface area contributed by atoms with Crippen LogP contribution in [0.5, 0.6) is 0 Å². The third kappa shape index (κ3) is 4.99. The highest BCUT2D eigenvalue weighted by molar-refractivity contribution is 14.0. The Kier molecular flexibility index (Phi) is 7.41. The summed E-state index contributed by atoms with van der Waals surface area (Å²) < 4.78 is 0. The fraction of sp³-hybridized carbons (Fsp3) is 0.875. The van der Waals surface area contributed by atoms with E-state index in [0.717, 1.165) is 25.6 Å². The van der Waals surface area contributed by atoms with E-state index in [1.165, 1.54) is 25.7 Å². The van der Waals surface area contributed by atoms with Gasteiger partial charge in [-0.1, -0.05) is 20.3 Å². The number of hydrogen-bond acceptors (Lipinski definition) is 2. The monoisotopic (exact) mass is 422 g/mol. The second kappa shape index (κ2) is 8.36. The van der Waals surface area contributed by atoms with Crippen molar-refractivity contribution in [1.29, 1.82) is 0 Å².